The second-order valence-corrected chi connectivity index (χ2v) is 12.1. The normalized spacial score (nSPS) is 15.7. The Morgan fingerprint density at radius 3 is 2.64 bits per heavy atom. The first-order valence-electron chi connectivity index (χ1n) is 13.2. The second kappa shape index (κ2) is 11.9. The summed E-state index contributed by atoms with van der Waals surface area (Å²) in [4.78, 5) is 28.3. The Labute approximate surface area is 234 Å². The molecule has 2 amide bonds. The summed E-state index contributed by atoms with van der Waals surface area (Å²) in [6.07, 6.45) is 0.674. The highest BCUT2D eigenvalue weighted by Crippen LogP contribution is 2.48. The molecule has 1 atom stereocenters. The number of anilines is 1. The van der Waals surface area contributed by atoms with E-state index in [2.05, 4.69) is 32.2 Å². The van der Waals surface area contributed by atoms with Gasteiger partial charge in [-0.25, -0.2) is 9.07 Å². The van der Waals surface area contributed by atoms with Gasteiger partial charge < -0.3 is 10.1 Å². The molecule has 0 saturated carbocycles. The van der Waals surface area contributed by atoms with Gasteiger partial charge in [0.15, 0.2) is 0 Å². The SMILES string of the molecule is COCCCNC(=O)CN1C(=O)CSC(c2cccc(F)c2)c2c(C(C)(C)C)nn(-c3ccc(C)cc3C)c21. The van der Waals surface area contributed by atoms with Gasteiger partial charge in [-0.1, -0.05) is 50.6 Å². The van der Waals surface area contributed by atoms with Crippen LogP contribution in [0.3, 0.4) is 0 Å². The van der Waals surface area contributed by atoms with Crippen molar-refractivity contribution in [1.29, 1.82) is 0 Å². The summed E-state index contributed by atoms with van der Waals surface area (Å²) in [5.74, 6) is -0.0906. The Bertz CT molecular complexity index is 1360. The number of hydrogen-bond donors (Lipinski definition) is 1. The molecule has 1 aliphatic rings. The molecule has 39 heavy (non-hydrogen) atoms. The maximum atomic E-state index is 14.4. The van der Waals surface area contributed by atoms with Crippen LogP contribution in [0.1, 0.15) is 60.4 Å². The molecule has 4 rings (SSSR count). The Morgan fingerprint density at radius 1 is 1.21 bits per heavy atom. The molecule has 0 radical (unpaired) electrons. The first-order valence-corrected chi connectivity index (χ1v) is 14.2. The van der Waals surface area contributed by atoms with E-state index in [4.69, 9.17) is 9.84 Å². The molecule has 7 nitrogen and oxygen atoms in total. The van der Waals surface area contributed by atoms with Gasteiger partial charge >= 0.3 is 0 Å². The van der Waals surface area contributed by atoms with Crippen LogP contribution in [-0.2, 0) is 19.7 Å². The van der Waals surface area contributed by atoms with Crippen LogP contribution in [0.2, 0.25) is 0 Å². The van der Waals surface area contributed by atoms with Crippen LogP contribution in [0.25, 0.3) is 5.69 Å². The number of aryl methyl sites for hydroxylation is 2. The Kier molecular flexibility index (Phi) is 8.81. The Balaban J connectivity index is 1.94. The van der Waals surface area contributed by atoms with Crippen molar-refractivity contribution in [2.24, 2.45) is 0 Å². The van der Waals surface area contributed by atoms with Gasteiger partial charge in [-0.3, -0.25) is 14.5 Å². The largest absolute Gasteiger partial charge is 0.385 e. The zero-order valence-corrected chi connectivity index (χ0v) is 24.3. The summed E-state index contributed by atoms with van der Waals surface area (Å²) in [6, 6.07) is 12.6. The highest BCUT2D eigenvalue weighted by atomic mass is 32.2. The van der Waals surface area contributed by atoms with Gasteiger partial charge in [0.05, 0.1) is 22.4 Å². The van der Waals surface area contributed by atoms with Gasteiger partial charge in [-0.2, -0.15) is 5.10 Å². The molecule has 0 aliphatic carbocycles. The van der Waals surface area contributed by atoms with E-state index in [9.17, 15) is 14.0 Å². The maximum absolute atomic E-state index is 14.4. The molecule has 1 aliphatic heterocycles. The number of halogens is 1. The number of rotatable bonds is 8. The summed E-state index contributed by atoms with van der Waals surface area (Å²) in [5.41, 5.74) is 4.94. The lowest BCUT2D eigenvalue weighted by Crippen LogP contribution is -2.42. The molecular formula is C30H37FN4O3S. The van der Waals surface area contributed by atoms with Crippen LogP contribution in [0.15, 0.2) is 42.5 Å². The van der Waals surface area contributed by atoms with Crippen molar-refractivity contribution in [3.8, 4) is 5.69 Å². The molecular weight excluding hydrogens is 515 g/mol. The molecule has 1 N–H and O–H groups in total. The third-order valence-electron chi connectivity index (χ3n) is 6.68. The summed E-state index contributed by atoms with van der Waals surface area (Å²) >= 11 is 1.44. The fraction of sp³-hybridized carbons (Fsp3) is 0.433. The first-order chi connectivity index (χ1) is 18.5. The molecule has 0 saturated heterocycles. The predicted molar refractivity (Wildman–Crippen MR) is 154 cm³/mol. The number of carbonyl (C=O) groups excluding carboxylic acids is 2. The van der Waals surface area contributed by atoms with Gasteiger partial charge in [0.1, 0.15) is 18.2 Å². The van der Waals surface area contributed by atoms with Crippen molar-refractivity contribution in [3.05, 3.63) is 76.2 Å². The number of carbonyl (C=O) groups is 2. The minimum atomic E-state index is -0.387. The molecule has 9 heteroatoms. The minimum Gasteiger partial charge on any atom is -0.385 e. The monoisotopic (exact) mass is 552 g/mol. The summed E-state index contributed by atoms with van der Waals surface area (Å²) in [6.45, 7) is 11.1. The van der Waals surface area contributed by atoms with E-state index in [-0.39, 0.29) is 40.6 Å². The maximum Gasteiger partial charge on any atom is 0.240 e. The van der Waals surface area contributed by atoms with Crippen molar-refractivity contribution in [1.82, 2.24) is 15.1 Å². The Hall–Kier alpha value is -3.17. The minimum absolute atomic E-state index is 0.142. The molecule has 1 aromatic heterocycles. The number of ether oxygens (including phenoxy) is 1. The quantitative estimate of drug-likeness (QED) is 0.387. The molecule has 1 unspecified atom stereocenters. The predicted octanol–water partition coefficient (Wildman–Crippen LogP) is 5.25. The van der Waals surface area contributed by atoms with Crippen molar-refractivity contribution in [2.45, 2.75) is 51.7 Å². The van der Waals surface area contributed by atoms with Crippen LogP contribution in [0.4, 0.5) is 10.2 Å². The third-order valence-corrected chi connectivity index (χ3v) is 7.94. The van der Waals surface area contributed by atoms with E-state index in [1.165, 1.54) is 23.9 Å². The number of hydrogen-bond acceptors (Lipinski definition) is 5. The molecule has 3 aromatic rings. The van der Waals surface area contributed by atoms with Gasteiger partial charge in [0.25, 0.3) is 0 Å². The number of nitrogens with zero attached hydrogens (tertiary/aromatic N) is 3. The van der Waals surface area contributed by atoms with Crippen LogP contribution < -0.4 is 10.2 Å². The summed E-state index contributed by atoms with van der Waals surface area (Å²) in [5, 5.41) is 7.67. The van der Waals surface area contributed by atoms with E-state index in [0.29, 0.717) is 25.4 Å². The molecule has 0 fully saturated rings. The summed E-state index contributed by atoms with van der Waals surface area (Å²) < 4.78 is 21.3. The van der Waals surface area contributed by atoms with Gasteiger partial charge in [0, 0.05) is 31.2 Å². The van der Waals surface area contributed by atoms with E-state index < -0.39 is 0 Å². The standard InChI is InChI=1S/C30H37FN4O3S/c1-19-11-12-23(20(2)15-19)35-29-26(28(33-35)30(3,4)5)27(21-9-7-10-22(31)16-21)39-18-25(37)34(29)17-24(36)32-13-8-14-38-6/h7,9-12,15-16,27H,8,13-14,17-18H2,1-6H3,(H,32,36). The van der Waals surface area contributed by atoms with Crippen LogP contribution >= 0.6 is 11.8 Å². The van der Waals surface area contributed by atoms with Crippen LogP contribution in [-0.4, -0.2) is 54.2 Å². The van der Waals surface area contributed by atoms with Crippen molar-refractivity contribution < 1.29 is 18.7 Å². The first kappa shape index (κ1) is 28.8. The molecule has 0 bridgehead atoms. The molecule has 208 valence electrons. The lowest BCUT2D eigenvalue weighted by molar-refractivity contribution is -0.122. The second-order valence-electron chi connectivity index (χ2n) is 11.0. The van der Waals surface area contributed by atoms with Gasteiger partial charge in [-0.05, 0) is 49.6 Å². The fourth-order valence-corrected chi connectivity index (χ4v) is 6.05. The van der Waals surface area contributed by atoms with Crippen molar-refractivity contribution in [2.75, 3.05) is 37.5 Å². The van der Waals surface area contributed by atoms with Crippen molar-refractivity contribution >= 4 is 29.4 Å². The molecule has 2 heterocycles. The topological polar surface area (TPSA) is 76.5 Å². The number of aromatic nitrogens is 2. The summed E-state index contributed by atoms with van der Waals surface area (Å²) in [7, 11) is 1.62. The van der Waals surface area contributed by atoms with E-state index in [1.807, 2.05) is 32.0 Å². The van der Waals surface area contributed by atoms with Crippen molar-refractivity contribution in [3.63, 3.8) is 0 Å². The zero-order chi connectivity index (χ0) is 28.3. The van der Waals surface area contributed by atoms with Crippen LogP contribution in [0.5, 0.6) is 0 Å². The number of fused-ring (bicyclic) bond motifs is 1. The lowest BCUT2D eigenvalue weighted by atomic mass is 9.87. The van der Waals surface area contributed by atoms with Gasteiger partial charge in [0.2, 0.25) is 11.8 Å². The average molecular weight is 553 g/mol. The number of amides is 2. The number of methoxy groups -OCH3 is 1. The lowest BCUT2D eigenvalue weighted by Gasteiger charge is -2.25. The van der Waals surface area contributed by atoms with E-state index >= 15 is 0 Å². The number of benzene rings is 2. The molecule has 0 spiro atoms. The van der Waals surface area contributed by atoms with E-state index in [0.717, 1.165) is 33.6 Å². The Morgan fingerprint density at radius 2 is 1.97 bits per heavy atom. The molecule has 2 aromatic carbocycles. The fourth-order valence-electron chi connectivity index (χ4n) is 4.86. The van der Waals surface area contributed by atoms with E-state index in [1.54, 1.807) is 22.8 Å². The number of thioether (sulfide) groups is 1. The highest BCUT2D eigenvalue weighted by molar-refractivity contribution is 8.00. The zero-order valence-electron chi connectivity index (χ0n) is 23.5. The smallest absolute Gasteiger partial charge is 0.240 e. The van der Waals surface area contributed by atoms with Gasteiger partial charge in [-0.15, -0.1) is 11.8 Å². The third kappa shape index (κ3) is 6.36. The number of nitrogens with one attached hydrogen (secondary N) is 1. The average Bonchev–Trinajstić information content (AvgIpc) is 3.19. The van der Waals surface area contributed by atoms with Crippen LogP contribution in [0, 0.1) is 19.7 Å². The highest BCUT2D eigenvalue weighted by Gasteiger charge is 2.40.